The van der Waals surface area contributed by atoms with Gasteiger partial charge >= 0.3 is 5.97 Å². The molecule has 96 valence electrons. The average molecular weight is 265 g/mol. The maximum absolute atomic E-state index is 11.7. The molecule has 18 heavy (non-hydrogen) atoms. The largest absolute Gasteiger partial charge is 0.481 e. The number of thiol groups is 1. The molecule has 0 spiro atoms. The highest BCUT2D eigenvalue weighted by atomic mass is 32.1. The van der Waals surface area contributed by atoms with Crippen LogP contribution in [0.1, 0.15) is 18.4 Å². The summed E-state index contributed by atoms with van der Waals surface area (Å²) in [4.78, 5) is 23.9. The lowest BCUT2D eigenvalue weighted by atomic mass is 10.1. The number of carboxylic acid groups (broad SMARTS) is 1. The Morgan fingerprint density at radius 2 is 2.06 bits per heavy atom. The molecule has 1 aromatic rings. The maximum Gasteiger partial charge on any atom is 0.303 e. The summed E-state index contributed by atoms with van der Waals surface area (Å²) in [5.74, 6) is -0.708. The summed E-state index contributed by atoms with van der Waals surface area (Å²) < 4.78 is 0. The highest BCUT2D eigenvalue weighted by Crippen LogP contribution is 2.24. The molecule has 1 aliphatic rings. The summed E-state index contributed by atoms with van der Waals surface area (Å²) in [5, 5.41) is 8.71. The summed E-state index contributed by atoms with van der Waals surface area (Å²) in [6.45, 7) is 0.635. The molecule has 0 radical (unpaired) electrons. The highest BCUT2D eigenvalue weighted by molar-refractivity contribution is 7.81. The van der Waals surface area contributed by atoms with E-state index in [1.54, 1.807) is 4.90 Å². The van der Waals surface area contributed by atoms with E-state index in [0.29, 0.717) is 19.4 Å². The van der Waals surface area contributed by atoms with Crippen molar-refractivity contribution in [3.8, 4) is 0 Å². The zero-order chi connectivity index (χ0) is 13.1. The van der Waals surface area contributed by atoms with Crippen molar-refractivity contribution >= 4 is 30.2 Å². The van der Waals surface area contributed by atoms with Crippen LogP contribution < -0.4 is 4.90 Å². The predicted molar refractivity (Wildman–Crippen MR) is 72.1 cm³/mol. The Bertz CT molecular complexity index is 458. The topological polar surface area (TPSA) is 57.6 Å². The lowest BCUT2D eigenvalue weighted by molar-refractivity contribution is -0.137. The number of amides is 1. The van der Waals surface area contributed by atoms with Gasteiger partial charge in [-0.3, -0.25) is 9.59 Å². The molecule has 2 rings (SSSR count). The van der Waals surface area contributed by atoms with Gasteiger partial charge < -0.3 is 10.0 Å². The fraction of sp³-hybridized carbons (Fsp3) is 0.385. The van der Waals surface area contributed by atoms with Gasteiger partial charge in [0.25, 0.3) is 0 Å². The van der Waals surface area contributed by atoms with Crippen LogP contribution in [0.2, 0.25) is 0 Å². The molecule has 1 aromatic carbocycles. The zero-order valence-corrected chi connectivity index (χ0v) is 10.8. The van der Waals surface area contributed by atoms with Gasteiger partial charge in [0.1, 0.15) is 0 Å². The Labute approximate surface area is 111 Å². The Hall–Kier alpha value is -1.49. The molecule has 1 amide bonds. The van der Waals surface area contributed by atoms with E-state index in [2.05, 4.69) is 12.6 Å². The van der Waals surface area contributed by atoms with Crippen molar-refractivity contribution in [3.63, 3.8) is 0 Å². The molecule has 4 nitrogen and oxygen atoms in total. The highest BCUT2D eigenvalue weighted by Gasteiger charge is 2.27. The molecule has 1 heterocycles. The minimum absolute atomic E-state index is 0.0910. The second-order valence-electron chi connectivity index (χ2n) is 4.42. The van der Waals surface area contributed by atoms with Crippen LogP contribution in [0.5, 0.6) is 0 Å². The number of carboxylic acids is 1. The fourth-order valence-corrected chi connectivity index (χ4v) is 2.35. The summed E-state index contributed by atoms with van der Waals surface area (Å²) in [7, 11) is 0. The van der Waals surface area contributed by atoms with E-state index in [-0.39, 0.29) is 17.6 Å². The summed E-state index contributed by atoms with van der Waals surface area (Å²) >= 11 is 4.31. The average Bonchev–Trinajstić information content (AvgIpc) is 2.66. The quantitative estimate of drug-likeness (QED) is 0.815. The number of nitrogens with zero attached hydrogens (tertiary/aromatic N) is 1. The van der Waals surface area contributed by atoms with E-state index in [0.717, 1.165) is 11.3 Å². The summed E-state index contributed by atoms with van der Waals surface area (Å²) in [6, 6.07) is 7.47. The molecular weight excluding hydrogens is 250 g/mol. The number of hydrogen-bond acceptors (Lipinski definition) is 3. The van der Waals surface area contributed by atoms with Gasteiger partial charge in [-0.15, -0.1) is 0 Å². The fourth-order valence-electron chi connectivity index (χ4n) is 2.03. The third kappa shape index (κ3) is 3.04. The molecule has 0 saturated carbocycles. The second kappa shape index (κ2) is 5.44. The van der Waals surface area contributed by atoms with Gasteiger partial charge in [0.05, 0.1) is 0 Å². The number of anilines is 1. The minimum Gasteiger partial charge on any atom is -0.481 e. The van der Waals surface area contributed by atoms with Gasteiger partial charge in [0, 0.05) is 30.3 Å². The monoisotopic (exact) mass is 265 g/mol. The lowest BCUT2D eigenvalue weighted by Crippen LogP contribution is -2.24. The first kappa shape index (κ1) is 13.0. The molecule has 0 aromatic heterocycles. The molecule has 1 aliphatic heterocycles. The lowest BCUT2D eigenvalue weighted by Gasteiger charge is -2.16. The van der Waals surface area contributed by atoms with Crippen LogP contribution in [0, 0.1) is 0 Å². The van der Waals surface area contributed by atoms with Crippen molar-refractivity contribution in [2.45, 2.75) is 24.5 Å². The number of aryl methyl sites for hydroxylation is 1. The van der Waals surface area contributed by atoms with Crippen molar-refractivity contribution in [3.05, 3.63) is 29.8 Å². The van der Waals surface area contributed by atoms with Crippen molar-refractivity contribution in [1.82, 2.24) is 0 Å². The van der Waals surface area contributed by atoms with Crippen molar-refractivity contribution in [2.75, 3.05) is 11.4 Å². The van der Waals surface area contributed by atoms with Crippen LogP contribution in [0.4, 0.5) is 5.69 Å². The summed E-state index contributed by atoms with van der Waals surface area (Å²) in [5.41, 5.74) is 1.82. The standard InChI is InChI=1S/C13H15NO3S/c15-12-7-11(18)8-14(12)10-4-1-9(2-5-10)3-6-13(16)17/h1-2,4-5,11,18H,3,6-8H2,(H,16,17). The van der Waals surface area contributed by atoms with Crippen LogP contribution in [0.3, 0.4) is 0 Å². The molecule has 0 aliphatic carbocycles. The van der Waals surface area contributed by atoms with Crippen molar-refractivity contribution in [1.29, 1.82) is 0 Å². The smallest absolute Gasteiger partial charge is 0.303 e. The van der Waals surface area contributed by atoms with E-state index >= 15 is 0 Å². The molecule has 1 saturated heterocycles. The zero-order valence-electron chi connectivity index (χ0n) is 9.87. The van der Waals surface area contributed by atoms with Crippen LogP contribution in [-0.4, -0.2) is 28.8 Å². The third-order valence-corrected chi connectivity index (χ3v) is 3.33. The summed E-state index contributed by atoms with van der Waals surface area (Å²) in [6.07, 6.45) is 1.11. The Morgan fingerprint density at radius 3 is 2.56 bits per heavy atom. The predicted octanol–water partition coefficient (Wildman–Crippen LogP) is 1.74. The number of rotatable bonds is 4. The number of carbonyl (C=O) groups excluding carboxylic acids is 1. The number of benzene rings is 1. The molecule has 1 N–H and O–H groups in total. The van der Waals surface area contributed by atoms with E-state index in [9.17, 15) is 9.59 Å². The second-order valence-corrected chi connectivity index (χ2v) is 5.15. The van der Waals surface area contributed by atoms with Crippen LogP contribution in [0.15, 0.2) is 24.3 Å². The van der Waals surface area contributed by atoms with Crippen LogP contribution in [-0.2, 0) is 16.0 Å². The van der Waals surface area contributed by atoms with Gasteiger partial charge in [-0.25, -0.2) is 0 Å². The number of aliphatic carboxylic acids is 1. The Balaban J connectivity index is 2.03. The maximum atomic E-state index is 11.7. The third-order valence-electron chi connectivity index (χ3n) is 2.98. The normalized spacial score (nSPS) is 19.3. The first-order chi connectivity index (χ1) is 8.56. The van der Waals surface area contributed by atoms with E-state index in [1.165, 1.54) is 0 Å². The molecule has 1 fully saturated rings. The van der Waals surface area contributed by atoms with E-state index in [4.69, 9.17) is 5.11 Å². The first-order valence-corrected chi connectivity index (χ1v) is 6.37. The van der Waals surface area contributed by atoms with E-state index in [1.807, 2.05) is 24.3 Å². The van der Waals surface area contributed by atoms with Gasteiger partial charge in [-0.2, -0.15) is 12.6 Å². The number of hydrogen-bond donors (Lipinski definition) is 2. The Morgan fingerprint density at radius 1 is 1.39 bits per heavy atom. The Kier molecular flexibility index (Phi) is 3.91. The van der Waals surface area contributed by atoms with Gasteiger partial charge in [0.2, 0.25) is 5.91 Å². The van der Waals surface area contributed by atoms with E-state index < -0.39 is 5.97 Å². The molecule has 0 bridgehead atoms. The van der Waals surface area contributed by atoms with Gasteiger partial charge in [0.15, 0.2) is 0 Å². The number of carbonyl (C=O) groups is 2. The minimum atomic E-state index is -0.799. The molecular formula is C13H15NO3S. The van der Waals surface area contributed by atoms with Crippen LogP contribution >= 0.6 is 12.6 Å². The SMILES string of the molecule is O=C(O)CCc1ccc(N2CC(S)CC2=O)cc1. The molecule has 1 atom stereocenters. The van der Waals surface area contributed by atoms with Gasteiger partial charge in [-0.05, 0) is 24.1 Å². The molecule has 1 unspecified atom stereocenters. The van der Waals surface area contributed by atoms with Crippen LogP contribution in [0.25, 0.3) is 0 Å². The van der Waals surface area contributed by atoms with Crippen molar-refractivity contribution < 1.29 is 14.7 Å². The first-order valence-electron chi connectivity index (χ1n) is 5.85. The van der Waals surface area contributed by atoms with Gasteiger partial charge in [-0.1, -0.05) is 12.1 Å². The molecule has 5 heteroatoms. The van der Waals surface area contributed by atoms with Crippen molar-refractivity contribution in [2.24, 2.45) is 0 Å².